The average Bonchev–Trinajstić information content (AvgIpc) is 3.64. The van der Waals surface area contributed by atoms with E-state index in [1.54, 1.807) is 0 Å². The van der Waals surface area contributed by atoms with Crippen molar-refractivity contribution in [2.45, 2.75) is 47.0 Å². The zero-order chi connectivity index (χ0) is 43.1. The molecule has 9 aromatic carbocycles. The average molecular weight is 815 g/mol. The molecule has 0 saturated heterocycles. The van der Waals surface area contributed by atoms with Gasteiger partial charge in [0.15, 0.2) is 0 Å². The van der Waals surface area contributed by atoms with Gasteiger partial charge < -0.3 is 9.47 Å². The van der Waals surface area contributed by atoms with Crippen LogP contribution in [0.1, 0.15) is 52.5 Å². The summed E-state index contributed by atoms with van der Waals surface area (Å²) in [6.07, 6.45) is 1.19. The van der Waals surface area contributed by atoms with E-state index in [9.17, 15) is 0 Å². The fourth-order valence-corrected chi connectivity index (χ4v) is 9.61. The minimum atomic E-state index is 0.202. The van der Waals surface area contributed by atoms with Crippen LogP contribution in [0, 0.1) is 11.3 Å². The molecule has 0 bridgehead atoms. The van der Waals surface area contributed by atoms with Crippen molar-refractivity contribution in [3.63, 3.8) is 0 Å². The second-order valence-corrected chi connectivity index (χ2v) is 18.6. The summed E-state index contributed by atoms with van der Waals surface area (Å²) in [5, 5.41) is 4.95. The Morgan fingerprint density at radius 1 is 0.413 bits per heavy atom. The van der Waals surface area contributed by atoms with Crippen molar-refractivity contribution >= 4 is 49.6 Å². The zero-order valence-electron chi connectivity index (χ0n) is 37.0. The minimum absolute atomic E-state index is 0.202. The number of fused-ring (bicyclic) bond motifs is 4. The highest BCUT2D eigenvalue weighted by Crippen LogP contribution is 2.43. The highest BCUT2D eigenvalue weighted by Gasteiger charge is 2.27. The van der Waals surface area contributed by atoms with Crippen molar-refractivity contribution in [3.05, 3.63) is 218 Å². The van der Waals surface area contributed by atoms with Crippen LogP contribution in [0.15, 0.2) is 212 Å². The Hall–Kier alpha value is -7.16. The van der Waals surface area contributed by atoms with Crippen molar-refractivity contribution in [3.8, 4) is 39.1 Å². The molecule has 0 saturated carbocycles. The van der Waals surface area contributed by atoms with E-state index in [2.05, 4.69) is 256 Å². The van der Waals surface area contributed by atoms with Crippen LogP contribution in [0.2, 0.25) is 0 Å². The largest absolute Gasteiger partial charge is 0.310 e. The molecule has 2 nitrogen and oxygen atoms in total. The van der Waals surface area contributed by atoms with Crippen LogP contribution in [-0.2, 0) is 0 Å². The molecule has 10 rings (SSSR count). The quantitative estimate of drug-likeness (QED) is 0.134. The summed E-state index contributed by atoms with van der Waals surface area (Å²) in [4.78, 5) is 2.36. The number of benzene rings is 9. The standard InChI is InChI=1S/C61H54N2/c1-42(2)38-58(61(3,4)5)48-22-20-46(21-23-48)50-29-36-59-56(40-50)57-41-51(30-37-60(57)63(59)52-18-10-7-11-19-52)47-26-33-54(34-27-47)62(55-35-28-44-16-12-13-17-49(44)39-55)53-31-24-45(25-32-53)43-14-8-6-9-15-43/h6-37,39-42,58H,38H2,1-5H3. The van der Waals surface area contributed by atoms with Crippen LogP contribution in [-0.4, -0.2) is 4.57 Å². The maximum atomic E-state index is 2.41. The second kappa shape index (κ2) is 16.6. The van der Waals surface area contributed by atoms with Gasteiger partial charge in [-0.05, 0) is 146 Å². The fraction of sp³-hybridized carbons (Fsp3) is 0.148. The first-order valence-corrected chi connectivity index (χ1v) is 22.5. The topological polar surface area (TPSA) is 8.17 Å². The Morgan fingerprint density at radius 2 is 0.857 bits per heavy atom. The van der Waals surface area contributed by atoms with E-state index in [1.165, 1.54) is 77.9 Å². The molecule has 0 fully saturated rings. The molecule has 0 N–H and O–H groups in total. The van der Waals surface area contributed by atoms with Crippen LogP contribution >= 0.6 is 0 Å². The first-order valence-electron chi connectivity index (χ1n) is 22.5. The molecule has 1 heterocycles. The molecule has 0 spiro atoms. The number of aromatic nitrogens is 1. The minimum Gasteiger partial charge on any atom is -0.310 e. The van der Waals surface area contributed by atoms with E-state index in [-0.39, 0.29) is 5.41 Å². The number of para-hydroxylation sites is 1. The Balaban J connectivity index is 1.04. The number of hydrogen-bond donors (Lipinski definition) is 0. The van der Waals surface area contributed by atoms with Gasteiger partial charge in [-0.25, -0.2) is 0 Å². The van der Waals surface area contributed by atoms with Crippen LogP contribution in [0.25, 0.3) is 71.6 Å². The lowest BCUT2D eigenvalue weighted by molar-refractivity contribution is 0.280. The molecule has 0 aliphatic rings. The van der Waals surface area contributed by atoms with Gasteiger partial charge in [-0.15, -0.1) is 0 Å². The maximum Gasteiger partial charge on any atom is 0.0541 e. The Labute approximate surface area is 372 Å². The first kappa shape index (κ1) is 39.9. The van der Waals surface area contributed by atoms with E-state index < -0.39 is 0 Å². The molecule has 10 aromatic rings. The summed E-state index contributed by atoms with van der Waals surface area (Å²) >= 11 is 0. The fourth-order valence-electron chi connectivity index (χ4n) is 9.61. The predicted octanol–water partition coefficient (Wildman–Crippen LogP) is 17.6. The van der Waals surface area contributed by atoms with E-state index in [1.807, 2.05) is 0 Å². The number of hydrogen-bond acceptors (Lipinski definition) is 1. The monoisotopic (exact) mass is 814 g/mol. The lowest BCUT2D eigenvalue weighted by Crippen LogP contribution is -2.20. The summed E-state index contributed by atoms with van der Waals surface area (Å²) < 4.78 is 2.41. The molecule has 1 unspecified atom stereocenters. The number of nitrogens with zero attached hydrogens (tertiary/aromatic N) is 2. The summed E-state index contributed by atoms with van der Waals surface area (Å²) in [6, 6.07) is 78.1. The molecule has 1 atom stereocenters. The van der Waals surface area contributed by atoms with Gasteiger partial charge in [-0.3, -0.25) is 0 Å². The van der Waals surface area contributed by atoms with Crippen LogP contribution in [0.3, 0.4) is 0 Å². The van der Waals surface area contributed by atoms with E-state index >= 15 is 0 Å². The van der Waals surface area contributed by atoms with Gasteiger partial charge in [0, 0.05) is 33.5 Å². The van der Waals surface area contributed by atoms with Crippen molar-refractivity contribution in [1.29, 1.82) is 0 Å². The van der Waals surface area contributed by atoms with E-state index in [0.717, 1.165) is 22.7 Å². The first-order chi connectivity index (χ1) is 30.7. The lowest BCUT2D eigenvalue weighted by atomic mass is 9.72. The molecule has 0 aliphatic heterocycles. The third-order valence-corrected chi connectivity index (χ3v) is 12.9. The normalized spacial score (nSPS) is 12.3. The van der Waals surface area contributed by atoms with E-state index in [0.29, 0.717) is 11.8 Å². The second-order valence-electron chi connectivity index (χ2n) is 18.6. The van der Waals surface area contributed by atoms with Crippen molar-refractivity contribution < 1.29 is 0 Å². The van der Waals surface area contributed by atoms with Crippen molar-refractivity contribution in [2.75, 3.05) is 4.90 Å². The third kappa shape index (κ3) is 7.94. The highest BCUT2D eigenvalue weighted by atomic mass is 15.1. The maximum absolute atomic E-state index is 2.41. The molecule has 1 aromatic heterocycles. The summed E-state index contributed by atoms with van der Waals surface area (Å²) in [6.45, 7) is 11.8. The van der Waals surface area contributed by atoms with Gasteiger partial charge >= 0.3 is 0 Å². The molecule has 0 aliphatic carbocycles. The Bertz CT molecular complexity index is 3170. The number of rotatable bonds is 10. The molecular weight excluding hydrogens is 761 g/mol. The molecule has 63 heavy (non-hydrogen) atoms. The molecule has 0 radical (unpaired) electrons. The Kier molecular flexibility index (Phi) is 10.5. The van der Waals surface area contributed by atoms with Gasteiger partial charge in [0.25, 0.3) is 0 Å². The molecule has 2 heteroatoms. The Morgan fingerprint density at radius 3 is 1.40 bits per heavy atom. The SMILES string of the molecule is CC(C)CC(c1ccc(-c2ccc3c(c2)c2cc(-c4ccc(N(c5ccc(-c6ccccc6)cc5)c5ccc6ccccc6c5)cc4)ccc2n3-c2ccccc2)cc1)C(C)(C)C. The predicted molar refractivity (Wildman–Crippen MR) is 271 cm³/mol. The van der Waals surface area contributed by atoms with Gasteiger partial charge in [0.05, 0.1) is 11.0 Å². The van der Waals surface area contributed by atoms with Crippen LogP contribution in [0.5, 0.6) is 0 Å². The van der Waals surface area contributed by atoms with E-state index in [4.69, 9.17) is 0 Å². The van der Waals surface area contributed by atoms with Crippen molar-refractivity contribution in [1.82, 2.24) is 4.57 Å². The highest BCUT2D eigenvalue weighted by molar-refractivity contribution is 6.11. The van der Waals surface area contributed by atoms with Crippen LogP contribution < -0.4 is 4.90 Å². The number of anilines is 3. The van der Waals surface area contributed by atoms with Crippen molar-refractivity contribution in [2.24, 2.45) is 11.3 Å². The molecular formula is C61H54N2. The molecule has 308 valence electrons. The summed E-state index contributed by atoms with van der Waals surface area (Å²) in [7, 11) is 0. The third-order valence-electron chi connectivity index (χ3n) is 12.9. The van der Waals surface area contributed by atoms with Gasteiger partial charge in [0.2, 0.25) is 0 Å². The van der Waals surface area contributed by atoms with Gasteiger partial charge in [-0.2, -0.15) is 0 Å². The van der Waals surface area contributed by atoms with Gasteiger partial charge in [0.1, 0.15) is 0 Å². The van der Waals surface area contributed by atoms with Gasteiger partial charge in [-0.1, -0.05) is 174 Å². The zero-order valence-corrected chi connectivity index (χ0v) is 37.0. The lowest BCUT2D eigenvalue weighted by Gasteiger charge is -2.32. The molecule has 0 amide bonds. The summed E-state index contributed by atoms with van der Waals surface area (Å²) in [5.41, 5.74) is 15.8. The summed E-state index contributed by atoms with van der Waals surface area (Å²) in [5.74, 6) is 1.16. The van der Waals surface area contributed by atoms with Crippen LogP contribution in [0.4, 0.5) is 17.1 Å². The smallest absolute Gasteiger partial charge is 0.0541 e.